The third kappa shape index (κ3) is 3.83. The third-order valence-corrected chi connectivity index (χ3v) is 3.76. The topological polar surface area (TPSA) is 63.6 Å². The van der Waals surface area contributed by atoms with E-state index in [1.807, 2.05) is 50.2 Å². The average molecular weight is 333 g/mol. The highest BCUT2D eigenvalue weighted by atomic mass is 16.5. The zero-order valence-corrected chi connectivity index (χ0v) is 14.2. The van der Waals surface area contributed by atoms with Crippen LogP contribution in [0.3, 0.4) is 0 Å². The number of carbonyl (C=O) groups excluding carboxylic acids is 1. The largest absolute Gasteiger partial charge is 0.493 e. The van der Waals surface area contributed by atoms with Gasteiger partial charge in [-0.15, -0.1) is 0 Å². The van der Waals surface area contributed by atoms with Crippen molar-refractivity contribution in [3.05, 3.63) is 71.5 Å². The van der Waals surface area contributed by atoms with Crippen LogP contribution in [-0.4, -0.2) is 23.7 Å². The summed E-state index contributed by atoms with van der Waals surface area (Å²) in [6, 6.07) is 15.4. The third-order valence-electron chi connectivity index (χ3n) is 3.76. The van der Waals surface area contributed by atoms with E-state index in [0.717, 1.165) is 27.8 Å². The zero-order valence-electron chi connectivity index (χ0n) is 14.2. The van der Waals surface area contributed by atoms with Crippen LogP contribution in [0.5, 0.6) is 5.75 Å². The highest BCUT2D eigenvalue weighted by Crippen LogP contribution is 2.26. The number of carbonyl (C=O) groups is 1. The summed E-state index contributed by atoms with van der Waals surface area (Å²) < 4.78 is 5.69. The van der Waals surface area contributed by atoms with E-state index in [2.05, 4.69) is 15.5 Å². The van der Waals surface area contributed by atoms with Crippen molar-refractivity contribution in [1.82, 2.24) is 10.4 Å². The fourth-order valence-electron chi connectivity index (χ4n) is 2.51. The van der Waals surface area contributed by atoms with Gasteiger partial charge < -0.3 is 4.74 Å². The van der Waals surface area contributed by atoms with Crippen LogP contribution in [0.25, 0.3) is 10.8 Å². The summed E-state index contributed by atoms with van der Waals surface area (Å²) in [4.78, 5) is 16.2. The predicted octanol–water partition coefficient (Wildman–Crippen LogP) is 3.71. The first kappa shape index (κ1) is 16.6. The Morgan fingerprint density at radius 3 is 2.80 bits per heavy atom. The van der Waals surface area contributed by atoms with Crippen molar-refractivity contribution < 1.29 is 9.53 Å². The lowest BCUT2D eigenvalue weighted by Crippen LogP contribution is -2.18. The van der Waals surface area contributed by atoms with E-state index in [1.165, 1.54) is 6.20 Å². The molecule has 1 N–H and O–H groups in total. The van der Waals surface area contributed by atoms with Gasteiger partial charge in [-0.2, -0.15) is 5.10 Å². The number of ether oxygens (including phenoxy) is 1. The smallest absolute Gasteiger partial charge is 0.272 e. The van der Waals surface area contributed by atoms with Crippen LogP contribution in [0.1, 0.15) is 28.5 Å². The molecule has 0 spiro atoms. The van der Waals surface area contributed by atoms with E-state index in [4.69, 9.17) is 4.74 Å². The zero-order chi connectivity index (χ0) is 17.6. The molecule has 1 heterocycles. The normalized spacial score (nSPS) is 11.0. The molecule has 0 bridgehead atoms. The number of hydrogen-bond acceptors (Lipinski definition) is 4. The van der Waals surface area contributed by atoms with Crippen molar-refractivity contribution in [2.75, 3.05) is 6.61 Å². The Balaban J connectivity index is 1.86. The highest BCUT2D eigenvalue weighted by Gasteiger charge is 2.08. The number of amides is 1. The van der Waals surface area contributed by atoms with E-state index in [-0.39, 0.29) is 5.91 Å². The van der Waals surface area contributed by atoms with E-state index in [0.29, 0.717) is 12.2 Å². The van der Waals surface area contributed by atoms with Gasteiger partial charge in [0, 0.05) is 17.5 Å². The van der Waals surface area contributed by atoms with Crippen LogP contribution in [0.15, 0.2) is 59.8 Å². The quantitative estimate of drug-likeness (QED) is 0.572. The van der Waals surface area contributed by atoms with E-state index in [9.17, 15) is 4.79 Å². The Morgan fingerprint density at radius 1 is 1.20 bits per heavy atom. The number of hydrogen-bond donors (Lipinski definition) is 1. The molecule has 5 heteroatoms. The maximum absolute atomic E-state index is 12.1. The first-order valence-corrected chi connectivity index (χ1v) is 8.09. The Morgan fingerprint density at radius 2 is 2.04 bits per heavy atom. The molecular formula is C20H19N3O2. The number of benzene rings is 2. The molecule has 0 fully saturated rings. The average Bonchev–Trinajstić information content (AvgIpc) is 2.64. The van der Waals surface area contributed by atoms with E-state index < -0.39 is 0 Å². The number of fused-ring (bicyclic) bond motifs is 1. The Kier molecular flexibility index (Phi) is 5.04. The van der Waals surface area contributed by atoms with E-state index >= 15 is 0 Å². The summed E-state index contributed by atoms with van der Waals surface area (Å²) in [5, 5.41) is 6.20. The molecule has 0 saturated carbocycles. The van der Waals surface area contributed by atoms with Crippen molar-refractivity contribution in [1.29, 1.82) is 0 Å². The first-order valence-electron chi connectivity index (χ1n) is 8.09. The molecule has 0 saturated heterocycles. The molecule has 0 aliphatic carbocycles. The fourth-order valence-corrected chi connectivity index (χ4v) is 2.51. The second kappa shape index (κ2) is 7.57. The molecule has 2 aromatic carbocycles. The summed E-state index contributed by atoms with van der Waals surface area (Å²) in [5.41, 5.74) is 4.69. The minimum atomic E-state index is -0.304. The SMILES string of the molecule is CCOc1ccc2ccccc2c1/C=N/NC(=O)c1ccc(C)nc1. The van der Waals surface area contributed by atoms with Crippen molar-refractivity contribution in [3.63, 3.8) is 0 Å². The lowest BCUT2D eigenvalue weighted by Gasteiger charge is -2.10. The lowest BCUT2D eigenvalue weighted by molar-refractivity contribution is 0.0954. The Hall–Kier alpha value is -3.21. The number of aryl methyl sites for hydroxylation is 1. The molecule has 0 radical (unpaired) electrons. The maximum Gasteiger partial charge on any atom is 0.272 e. The van der Waals surface area contributed by atoms with Crippen LogP contribution in [0.2, 0.25) is 0 Å². The maximum atomic E-state index is 12.1. The van der Waals surface area contributed by atoms with Gasteiger partial charge in [-0.1, -0.05) is 30.3 Å². The summed E-state index contributed by atoms with van der Waals surface area (Å²) in [7, 11) is 0. The number of nitrogens with zero attached hydrogens (tertiary/aromatic N) is 2. The van der Waals surface area contributed by atoms with Gasteiger partial charge >= 0.3 is 0 Å². The minimum Gasteiger partial charge on any atom is -0.493 e. The standard InChI is InChI=1S/C20H19N3O2/c1-3-25-19-11-10-15-6-4-5-7-17(15)18(19)13-22-23-20(24)16-9-8-14(2)21-12-16/h4-13H,3H2,1-2H3,(H,23,24)/b22-13+. The number of nitrogens with one attached hydrogen (secondary N) is 1. The van der Waals surface area contributed by atoms with Crippen molar-refractivity contribution in [3.8, 4) is 5.75 Å². The molecule has 1 aromatic heterocycles. The van der Waals surface area contributed by atoms with Crippen molar-refractivity contribution >= 4 is 22.9 Å². The summed E-state index contributed by atoms with van der Waals surface area (Å²) >= 11 is 0. The number of aromatic nitrogens is 1. The molecule has 25 heavy (non-hydrogen) atoms. The second-order valence-electron chi connectivity index (χ2n) is 5.52. The van der Waals surface area contributed by atoms with Gasteiger partial charge in [0.05, 0.1) is 18.4 Å². The van der Waals surface area contributed by atoms with Crippen molar-refractivity contribution in [2.24, 2.45) is 5.10 Å². The molecule has 126 valence electrons. The number of pyridine rings is 1. The lowest BCUT2D eigenvalue weighted by atomic mass is 10.0. The second-order valence-corrected chi connectivity index (χ2v) is 5.52. The van der Waals surface area contributed by atoms with Gasteiger partial charge in [0.15, 0.2) is 0 Å². The van der Waals surface area contributed by atoms with Gasteiger partial charge in [0.25, 0.3) is 5.91 Å². The molecule has 0 atom stereocenters. The first-order chi connectivity index (χ1) is 12.2. The van der Waals surface area contributed by atoms with Crippen molar-refractivity contribution in [2.45, 2.75) is 13.8 Å². The van der Waals surface area contributed by atoms with Gasteiger partial charge in [0.2, 0.25) is 0 Å². The molecule has 3 aromatic rings. The summed E-state index contributed by atoms with van der Waals surface area (Å²) in [6.45, 7) is 4.36. The molecule has 0 unspecified atom stereocenters. The van der Waals surface area contributed by atoms with Crippen LogP contribution < -0.4 is 10.2 Å². The molecule has 3 rings (SSSR count). The molecule has 0 aliphatic rings. The summed E-state index contributed by atoms with van der Waals surface area (Å²) in [5.74, 6) is 0.429. The molecule has 5 nitrogen and oxygen atoms in total. The van der Waals surface area contributed by atoms with Gasteiger partial charge in [-0.3, -0.25) is 9.78 Å². The van der Waals surface area contributed by atoms with Gasteiger partial charge in [-0.05, 0) is 42.8 Å². The van der Waals surface area contributed by atoms with E-state index in [1.54, 1.807) is 18.3 Å². The van der Waals surface area contributed by atoms with Gasteiger partial charge in [0.1, 0.15) is 5.75 Å². The predicted molar refractivity (Wildman–Crippen MR) is 99.2 cm³/mol. The van der Waals surface area contributed by atoms with Crippen LogP contribution in [-0.2, 0) is 0 Å². The van der Waals surface area contributed by atoms with Crippen LogP contribution in [0.4, 0.5) is 0 Å². The number of hydrazone groups is 1. The molecular weight excluding hydrogens is 314 g/mol. The van der Waals surface area contributed by atoms with Gasteiger partial charge in [-0.25, -0.2) is 5.43 Å². The van der Waals surface area contributed by atoms with Crippen LogP contribution >= 0.6 is 0 Å². The Labute approximate surface area is 146 Å². The minimum absolute atomic E-state index is 0.304. The fraction of sp³-hybridized carbons (Fsp3) is 0.150. The monoisotopic (exact) mass is 333 g/mol. The van der Waals surface area contributed by atoms with Crippen LogP contribution in [0, 0.1) is 6.92 Å². The highest BCUT2D eigenvalue weighted by molar-refractivity contribution is 6.03. The summed E-state index contributed by atoms with van der Waals surface area (Å²) in [6.07, 6.45) is 3.15. The molecule has 0 aliphatic heterocycles. The molecule has 1 amide bonds. The Bertz CT molecular complexity index is 918. The number of rotatable bonds is 5.